The molecule has 82 valence electrons. The number of amides is 1. The summed E-state index contributed by atoms with van der Waals surface area (Å²) in [4.78, 5) is 15.3. The van der Waals surface area contributed by atoms with Crippen LogP contribution in [0.2, 0.25) is 0 Å². The highest BCUT2D eigenvalue weighted by Crippen LogP contribution is 2.21. The van der Waals surface area contributed by atoms with Crippen LogP contribution in [0.1, 0.15) is 12.8 Å². The van der Waals surface area contributed by atoms with E-state index >= 15 is 0 Å². The van der Waals surface area contributed by atoms with Gasteiger partial charge in [0.15, 0.2) is 0 Å². The summed E-state index contributed by atoms with van der Waals surface area (Å²) in [6.45, 7) is 0.512. The lowest BCUT2D eigenvalue weighted by atomic mass is 10.3. The lowest BCUT2D eigenvalue weighted by Gasteiger charge is -2.08. The third-order valence-electron chi connectivity index (χ3n) is 1.88. The maximum absolute atomic E-state index is 11.4. The molecule has 0 spiro atoms. The largest absolute Gasteiger partial charge is 0.494 e. The van der Waals surface area contributed by atoms with Gasteiger partial charge in [-0.15, -0.1) is 0 Å². The van der Waals surface area contributed by atoms with E-state index in [1.807, 2.05) is 0 Å². The Kier molecular flexibility index (Phi) is 4.56. The number of aromatic nitrogens is 1. The summed E-state index contributed by atoms with van der Waals surface area (Å²) in [5.74, 6) is 0.526. The first kappa shape index (κ1) is 11.5. The van der Waals surface area contributed by atoms with E-state index in [0.29, 0.717) is 30.8 Å². The summed E-state index contributed by atoms with van der Waals surface area (Å²) >= 11 is 0. The van der Waals surface area contributed by atoms with Gasteiger partial charge >= 0.3 is 0 Å². The third kappa shape index (κ3) is 3.55. The van der Waals surface area contributed by atoms with Crippen molar-refractivity contribution < 1.29 is 9.53 Å². The fourth-order valence-corrected chi connectivity index (χ4v) is 1.13. The van der Waals surface area contributed by atoms with Gasteiger partial charge in [0.1, 0.15) is 11.4 Å². The first-order valence-corrected chi connectivity index (χ1v) is 4.76. The maximum atomic E-state index is 11.4. The van der Waals surface area contributed by atoms with Crippen molar-refractivity contribution in [2.75, 3.05) is 19.0 Å². The molecule has 0 saturated heterocycles. The van der Waals surface area contributed by atoms with Gasteiger partial charge in [0.2, 0.25) is 5.91 Å². The molecule has 0 aliphatic rings. The van der Waals surface area contributed by atoms with E-state index in [1.165, 1.54) is 0 Å². The Morgan fingerprint density at radius 2 is 2.47 bits per heavy atom. The van der Waals surface area contributed by atoms with Crippen molar-refractivity contribution in [1.29, 1.82) is 0 Å². The Balaban J connectivity index is 2.59. The lowest BCUT2D eigenvalue weighted by Crippen LogP contribution is -2.14. The number of methoxy groups -OCH3 is 1. The van der Waals surface area contributed by atoms with Crippen LogP contribution >= 0.6 is 0 Å². The summed E-state index contributed by atoms with van der Waals surface area (Å²) < 4.78 is 5.07. The molecule has 0 aliphatic heterocycles. The molecule has 0 radical (unpaired) electrons. The maximum Gasteiger partial charge on any atom is 0.224 e. The predicted octanol–water partition coefficient (Wildman–Crippen LogP) is 0.768. The molecule has 0 aliphatic carbocycles. The minimum absolute atomic E-state index is 0.0771. The molecule has 0 unspecified atom stereocenters. The van der Waals surface area contributed by atoms with E-state index in [1.54, 1.807) is 25.6 Å². The number of ether oxygens (including phenoxy) is 1. The van der Waals surface area contributed by atoms with Crippen molar-refractivity contribution in [2.24, 2.45) is 5.73 Å². The molecule has 1 amide bonds. The van der Waals surface area contributed by atoms with Gasteiger partial charge in [-0.3, -0.25) is 9.78 Å². The zero-order chi connectivity index (χ0) is 11.1. The van der Waals surface area contributed by atoms with Crippen LogP contribution in [-0.4, -0.2) is 24.5 Å². The second-order valence-corrected chi connectivity index (χ2v) is 3.02. The smallest absolute Gasteiger partial charge is 0.224 e. The Morgan fingerprint density at radius 3 is 3.13 bits per heavy atom. The Hall–Kier alpha value is -1.62. The van der Waals surface area contributed by atoms with E-state index in [4.69, 9.17) is 10.5 Å². The molecule has 1 aromatic rings. The number of nitrogens with two attached hydrogens (primary N) is 1. The number of hydrogen-bond donors (Lipinski definition) is 2. The van der Waals surface area contributed by atoms with Crippen molar-refractivity contribution in [3.05, 3.63) is 18.5 Å². The topological polar surface area (TPSA) is 77.2 Å². The van der Waals surface area contributed by atoms with Crippen LogP contribution in [0, 0.1) is 0 Å². The average Bonchev–Trinajstić information content (AvgIpc) is 2.27. The number of carbonyl (C=O) groups excluding carboxylic acids is 1. The summed E-state index contributed by atoms with van der Waals surface area (Å²) in [5.41, 5.74) is 5.89. The summed E-state index contributed by atoms with van der Waals surface area (Å²) in [6.07, 6.45) is 4.25. The van der Waals surface area contributed by atoms with Crippen LogP contribution in [0.25, 0.3) is 0 Å². The van der Waals surface area contributed by atoms with Gasteiger partial charge in [-0.05, 0) is 13.0 Å². The molecule has 3 N–H and O–H groups in total. The molecule has 1 heterocycles. The molecule has 1 aromatic heterocycles. The second-order valence-electron chi connectivity index (χ2n) is 3.02. The second kappa shape index (κ2) is 5.98. The van der Waals surface area contributed by atoms with Gasteiger partial charge < -0.3 is 15.8 Å². The summed E-state index contributed by atoms with van der Waals surface area (Å²) in [6, 6.07) is 1.69. The van der Waals surface area contributed by atoms with E-state index < -0.39 is 0 Å². The quantitative estimate of drug-likeness (QED) is 0.750. The molecule has 0 bridgehead atoms. The monoisotopic (exact) mass is 209 g/mol. The molecule has 0 aromatic carbocycles. The fraction of sp³-hybridized carbons (Fsp3) is 0.400. The molecular weight excluding hydrogens is 194 g/mol. The highest BCUT2D eigenvalue weighted by atomic mass is 16.5. The zero-order valence-electron chi connectivity index (χ0n) is 8.69. The molecule has 0 saturated carbocycles. The lowest BCUT2D eigenvalue weighted by molar-refractivity contribution is -0.116. The molecule has 5 nitrogen and oxygen atoms in total. The van der Waals surface area contributed by atoms with Gasteiger partial charge in [-0.2, -0.15) is 0 Å². The van der Waals surface area contributed by atoms with Crippen LogP contribution in [-0.2, 0) is 4.79 Å². The molecule has 0 fully saturated rings. The van der Waals surface area contributed by atoms with Crippen LogP contribution in [0.15, 0.2) is 18.5 Å². The van der Waals surface area contributed by atoms with Crippen molar-refractivity contribution >= 4 is 11.6 Å². The highest BCUT2D eigenvalue weighted by molar-refractivity contribution is 5.91. The van der Waals surface area contributed by atoms with E-state index in [2.05, 4.69) is 10.3 Å². The molecular formula is C10H15N3O2. The number of nitrogens with zero attached hydrogens (tertiary/aromatic N) is 1. The first-order valence-electron chi connectivity index (χ1n) is 4.76. The summed E-state index contributed by atoms with van der Waals surface area (Å²) in [7, 11) is 1.55. The van der Waals surface area contributed by atoms with Crippen LogP contribution in [0.5, 0.6) is 5.75 Å². The van der Waals surface area contributed by atoms with E-state index in [9.17, 15) is 4.79 Å². The Bertz CT molecular complexity index is 328. The SMILES string of the molecule is COc1ccncc1NC(=O)CCCN. The van der Waals surface area contributed by atoms with Crippen LogP contribution in [0.4, 0.5) is 5.69 Å². The Morgan fingerprint density at radius 1 is 1.67 bits per heavy atom. The Labute approximate surface area is 88.6 Å². The number of nitrogens with one attached hydrogen (secondary N) is 1. The highest BCUT2D eigenvalue weighted by Gasteiger charge is 2.06. The van der Waals surface area contributed by atoms with Gasteiger partial charge in [0.05, 0.1) is 13.3 Å². The number of pyridine rings is 1. The number of anilines is 1. The van der Waals surface area contributed by atoms with Crippen molar-refractivity contribution in [3.8, 4) is 5.75 Å². The van der Waals surface area contributed by atoms with E-state index in [0.717, 1.165) is 0 Å². The standard InChI is InChI=1S/C10H15N3O2/c1-15-9-4-6-12-7-8(9)13-10(14)3-2-5-11/h4,6-7H,2-3,5,11H2,1H3,(H,13,14). The summed E-state index contributed by atoms with van der Waals surface area (Å²) in [5, 5.41) is 2.71. The minimum atomic E-state index is -0.0771. The van der Waals surface area contributed by atoms with Gasteiger partial charge in [0, 0.05) is 18.7 Å². The van der Waals surface area contributed by atoms with E-state index in [-0.39, 0.29) is 5.91 Å². The fourth-order valence-electron chi connectivity index (χ4n) is 1.13. The number of hydrogen-bond acceptors (Lipinski definition) is 4. The van der Waals surface area contributed by atoms with Crippen molar-refractivity contribution in [3.63, 3.8) is 0 Å². The van der Waals surface area contributed by atoms with Gasteiger partial charge in [-0.25, -0.2) is 0 Å². The normalized spacial score (nSPS) is 9.73. The van der Waals surface area contributed by atoms with Crippen molar-refractivity contribution in [2.45, 2.75) is 12.8 Å². The first-order chi connectivity index (χ1) is 7.27. The number of carbonyl (C=O) groups is 1. The predicted molar refractivity (Wildman–Crippen MR) is 57.7 cm³/mol. The third-order valence-corrected chi connectivity index (χ3v) is 1.88. The number of rotatable bonds is 5. The van der Waals surface area contributed by atoms with Gasteiger partial charge in [0.25, 0.3) is 0 Å². The zero-order valence-corrected chi connectivity index (χ0v) is 8.69. The molecule has 15 heavy (non-hydrogen) atoms. The van der Waals surface area contributed by atoms with Crippen LogP contribution in [0.3, 0.4) is 0 Å². The van der Waals surface area contributed by atoms with Crippen molar-refractivity contribution in [1.82, 2.24) is 4.98 Å². The van der Waals surface area contributed by atoms with Crippen LogP contribution < -0.4 is 15.8 Å². The minimum Gasteiger partial charge on any atom is -0.494 e. The molecule has 5 heteroatoms. The molecule has 1 rings (SSSR count). The molecule has 0 atom stereocenters. The average molecular weight is 209 g/mol. The van der Waals surface area contributed by atoms with Gasteiger partial charge in [-0.1, -0.05) is 0 Å².